The summed E-state index contributed by atoms with van der Waals surface area (Å²) in [6, 6.07) is 15.9. The van der Waals surface area contributed by atoms with Crippen LogP contribution in [0.15, 0.2) is 73.2 Å². The third-order valence-electron chi connectivity index (χ3n) is 5.36. The van der Waals surface area contributed by atoms with E-state index in [1.165, 1.54) is 12.1 Å². The topological polar surface area (TPSA) is 109 Å². The SMILES string of the molecule is Nc1cncc(-c2ccc3[nH]nc(-c4cc5c(-c6cccc(F)c6)nccc5[nH]4)c3n2)c1. The third kappa shape index (κ3) is 2.97. The fourth-order valence-corrected chi connectivity index (χ4v) is 3.89. The summed E-state index contributed by atoms with van der Waals surface area (Å²) in [6.45, 7) is 0. The lowest BCUT2D eigenvalue weighted by molar-refractivity contribution is 0.628. The number of aromatic amines is 2. The maximum absolute atomic E-state index is 13.8. The first-order valence-corrected chi connectivity index (χ1v) is 9.96. The molecule has 0 unspecified atom stereocenters. The normalized spacial score (nSPS) is 11.4. The maximum Gasteiger partial charge on any atom is 0.135 e. The van der Waals surface area contributed by atoms with E-state index in [1.807, 2.05) is 36.4 Å². The molecule has 1 aromatic carbocycles. The molecule has 6 aromatic rings. The Kier molecular flexibility index (Phi) is 3.97. The van der Waals surface area contributed by atoms with Gasteiger partial charge in [0.25, 0.3) is 0 Å². The van der Waals surface area contributed by atoms with Crippen LogP contribution in [-0.4, -0.2) is 30.1 Å². The minimum Gasteiger partial charge on any atom is -0.397 e. The van der Waals surface area contributed by atoms with E-state index in [2.05, 4.69) is 25.1 Å². The van der Waals surface area contributed by atoms with Crippen molar-refractivity contribution in [2.45, 2.75) is 0 Å². The van der Waals surface area contributed by atoms with Crippen LogP contribution in [0.3, 0.4) is 0 Å². The molecule has 0 saturated heterocycles. The number of fused-ring (bicyclic) bond motifs is 2. The van der Waals surface area contributed by atoms with Gasteiger partial charge in [0.1, 0.15) is 17.0 Å². The molecule has 6 rings (SSSR count). The number of pyridine rings is 3. The summed E-state index contributed by atoms with van der Waals surface area (Å²) in [5.41, 5.74) is 13.3. The molecule has 0 radical (unpaired) electrons. The van der Waals surface area contributed by atoms with Gasteiger partial charge < -0.3 is 10.7 Å². The number of nitrogen functional groups attached to an aromatic ring is 1. The molecule has 5 aromatic heterocycles. The van der Waals surface area contributed by atoms with Gasteiger partial charge in [-0.3, -0.25) is 15.1 Å². The highest BCUT2D eigenvalue weighted by Crippen LogP contribution is 2.33. The van der Waals surface area contributed by atoms with E-state index in [9.17, 15) is 4.39 Å². The van der Waals surface area contributed by atoms with Gasteiger partial charge in [-0.1, -0.05) is 12.1 Å². The monoisotopic (exact) mass is 421 g/mol. The van der Waals surface area contributed by atoms with Crippen LogP contribution in [0.4, 0.5) is 10.1 Å². The van der Waals surface area contributed by atoms with Gasteiger partial charge in [-0.15, -0.1) is 0 Å². The van der Waals surface area contributed by atoms with Gasteiger partial charge in [0.15, 0.2) is 0 Å². The molecule has 0 aliphatic carbocycles. The number of nitrogens with zero attached hydrogens (tertiary/aromatic N) is 4. The standard InChI is InChI=1S/C24H16FN7/c25-15-3-1-2-13(8-15)22-17-10-21(29-19(17)6-7-28-22)24-23-20(31-32-24)5-4-18(30-23)14-9-16(26)12-27-11-14/h1-12,29H,26H2,(H,31,32). The lowest BCUT2D eigenvalue weighted by Crippen LogP contribution is -1.90. The van der Waals surface area contributed by atoms with Gasteiger partial charge in [-0.2, -0.15) is 5.10 Å². The van der Waals surface area contributed by atoms with Crippen molar-refractivity contribution >= 4 is 27.6 Å². The van der Waals surface area contributed by atoms with E-state index in [1.54, 1.807) is 24.7 Å². The summed E-state index contributed by atoms with van der Waals surface area (Å²) in [6.07, 6.45) is 5.03. The van der Waals surface area contributed by atoms with Crippen LogP contribution in [0.25, 0.3) is 55.8 Å². The van der Waals surface area contributed by atoms with Crippen LogP contribution < -0.4 is 5.73 Å². The van der Waals surface area contributed by atoms with Crippen LogP contribution in [0.5, 0.6) is 0 Å². The number of hydrogen-bond acceptors (Lipinski definition) is 5. The minimum atomic E-state index is -0.303. The highest BCUT2D eigenvalue weighted by Gasteiger charge is 2.16. The zero-order valence-electron chi connectivity index (χ0n) is 16.7. The lowest BCUT2D eigenvalue weighted by Gasteiger charge is -2.02. The summed E-state index contributed by atoms with van der Waals surface area (Å²) < 4.78 is 13.8. The van der Waals surface area contributed by atoms with Gasteiger partial charge >= 0.3 is 0 Å². The first-order chi connectivity index (χ1) is 15.7. The van der Waals surface area contributed by atoms with E-state index in [0.717, 1.165) is 38.9 Å². The van der Waals surface area contributed by atoms with Crippen molar-refractivity contribution in [1.29, 1.82) is 0 Å². The van der Waals surface area contributed by atoms with Crippen molar-refractivity contribution in [2.24, 2.45) is 0 Å². The van der Waals surface area contributed by atoms with E-state index in [-0.39, 0.29) is 5.82 Å². The molecule has 5 heterocycles. The second kappa shape index (κ2) is 6.98. The molecular formula is C24H16FN7. The van der Waals surface area contributed by atoms with E-state index < -0.39 is 0 Å². The van der Waals surface area contributed by atoms with E-state index in [4.69, 9.17) is 10.7 Å². The predicted octanol–water partition coefficient (Wildman–Crippen LogP) is 4.95. The summed E-state index contributed by atoms with van der Waals surface area (Å²) in [4.78, 5) is 16.8. The molecule has 0 aliphatic rings. The fraction of sp³-hybridized carbons (Fsp3) is 0. The quantitative estimate of drug-likeness (QED) is 0.374. The fourth-order valence-electron chi connectivity index (χ4n) is 3.89. The van der Waals surface area contributed by atoms with Crippen molar-refractivity contribution < 1.29 is 4.39 Å². The highest BCUT2D eigenvalue weighted by atomic mass is 19.1. The Hall–Kier alpha value is -4.59. The van der Waals surface area contributed by atoms with Gasteiger partial charge in [0.05, 0.1) is 28.3 Å². The first-order valence-electron chi connectivity index (χ1n) is 9.96. The molecule has 0 atom stereocenters. The van der Waals surface area contributed by atoms with Gasteiger partial charge in [-0.05, 0) is 42.5 Å². The van der Waals surface area contributed by atoms with Crippen molar-refractivity contribution in [3.63, 3.8) is 0 Å². The Bertz CT molecular complexity index is 1620. The number of nitrogens with two attached hydrogens (primary N) is 1. The molecule has 0 spiro atoms. The summed E-state index contributed by atoms with van der Waals surface area (Å²) in [5, 5.41) is 8.40. The summed E-state index contributed by atoms with van der Waals surface area (Å²) in [7, 11) is 0. The summed E-state index contributed by atoms with van der Waals surface area (Å²) >= 11 is 0. The predicted molar refractivity (Wildman–Crippen MR) is 122 cm³/mol. The molecule has 0 fully saturated rings. The molecule has 8 heteroatoms. The number of nitrogens with one attached hydrogen (secondary N) is 2. The van der Waals surface area contributed by atoms with Crippen LogP contribution in [-0.2, 0) is 0 Å². The number of H-pyrrole nitrogens is 2. The van der Waals surface area contributed by atoms with Gasteiger partial charge in [-0.25, -0.2) is 9.37 Å². The molecule has 154 valence electrons. The highest BCUT2D eigenvalue weighted by molar-refractivity contribution is 5.99. The van der Waals surface area contributed by atoms with Crippen LogP contribution in [0.2, 0.25) is 0 Å². The number of hydrogen-bond donors (Lipinski definition) is 3. The molecular weight excluding hydrogens is 405 g/mol. The van der Waals surface area contributed by atoms with Crippen molar-refractivity contribution in [3.05, 3.63) is 79.0 Å². The Morgan fingerprint density at radius 2 is 1.81 bits per heavy atom. The molecule has 0 amide bonds. The average molecular weight is 421 g/mol. The zero-order chi connectivity index (χ0) is 21.7. The van der Waals surface area contributed by atoms with Crippen molar-refractivity contribution in [3.8, 4) is 33.9 Å². The van der Waals surface area contributed by atoms with Gasteiger partial charge in [0.2, 0.25) is 0 Å². The number of rotatable bonds is 3. The Morgan fingerprint density at radius 1 is 0.875 bits per heavy atom. The molecule has 0 saturated carbocycles. The van der Waals surface area contributed by atoms with Crippen molar-refractivity contribution in [2.75, 3.05) is 5.73 Å². The Morgan fingerprint density at radius 3 is 2.69 bits per heavy atom. The second-order valence-corrected chi connectivity index (χ2v) is 7.49. The number of aromatic nitrogens is 6. The average Bonchev–Trinajstić information content (AvgIpc) is 3.42. The summed E-state index contributed by atoms with van der Waals surface area (Å²) in [5.74, 6) is -0.303. The molecule has 7 nitrogen and oxygen atoms in total. The number of halogens is 1. The lowest BCUT2D eigenvalue weighted by atomic mass is 10.1. The van der Waals surface area contributed by atoms with Gasteiger partial charge in [0, 0.05) is 40.6 Å². The van der Waals surface area contributed by atoms with Crippen molar-refractivity contribution in [1.82, 2.24) is 30.1 Å². The van der Waals surface area contributed by atoms with Crippen LogP contribution >= 0.6 is 0 Å². The van der Waals surface area contributed by atoms with E-state index >= 15 is 0 Å². The molecule has 4 N–H and O–H groups in total. The smallest absolute Gasteiger partial charge is 0.135 e. The Labute approximate surface area is 181 Å². The van der Waals surface area contributed by atoms with Crippen LogP contribution in [0.1, 0.15) is 0 Å². The largest absolute Gasteiger partial charge is 0.397 e. The number of anilines is 1. The third-order valence-corrected chi connectivity index (χ3v) is 5.36. The zero-order valence-corrected chi connectivity index (χ0v) is 16.7. The Balaban J connectivity index is 1.51. The maximum atomic E-state index is 13.8. The molecule has 0 bridgehead atoms. The molecule has 0 aliphatic heterocycles. The second-order valence-electron chi connectivity index (χ2n) is 7.49. The molecule has 32 heavy (non-hydrogen) atoms. The van der Waals surface area contributed by atoms with E-state index in [0.29, 0.717) is 22.6 Å². The van der Waals surface area contributed by atoms with Crippen LogP contribution in [0, 0.1) is 5.82 Å². The first kappa shape index (κ1) is 18.2. The minimum absolute atomic E-state index is 0.303. The number of benzene rings is 1.